The van der Waals surface area contributed by atoms with Gasteiger partial charge in [0.1, 0.15) is 0 Å². The third-order valence-electron chi connectivity index (χ3n) is 3.05. The van der Waals surface area contributed by atoms with Crippen LogP contribution in [0.4, 0.5) is 5.69 Å². The molecule has 1 aromatic carbocycles. The Balaban J connectivity index is 1.92. The molecule has 1 aromatic heterocycles. The van der Waals surface area contributed by atoms with E-state index in [0.29, 0.717) is 6.04 Å². The molecule has 1 unspecified atom stereocenters. The maximum atomic E-state index is 4.31. The number of anilines is 1. The van der Waals surface area contributed by atoms with E-state index in [1.54, 1.807) is 11.3 Å². The molecule has 2 heterocycles. The second kappa shape index (κ2) is 4.03. The van der Waals surface area contributed by atoms with E-state index in [-0.39, 0.29) is 0 Å². The van der Waals surface area contributed by atoms with E-state index in [1.165, 1.54) is 10.4 Å². The second-order valence-electron chi connectivity index (χ2n) is 4.31. The minimum atomic E-state index is 0.575. The number of fused-ring (bicyclic) bond motifs is 1. The summed E-state index contributed by atoms with van der Waals surface area (Å²) in [5, 5.41) is 3.46. The Morgan fingerprint density at radius 2 is 2.44 bits per heavy atom. The Hall–Kier alpha value is -1.13. The van der Waals surface area contributed by atoms with Crippen molar-refractivity contribution in [3.05, 3.63) is 23.7 Å². The number of piperazine rings is 1. The first-order valence-corrected chi connectivity index (χ1v) is 6.52. The molecule has 16 heavy (non-hydrogen) atoms. The summed E-state index contributed by atoms with van der Waals surface area (Å²) in [6.07, 6.45) is 0. The highest BCUT2D eigenvalue weighted by Gasteiger charge is 2.16. The van der Waals surface area contributed by atoms with E-state index in [2.05, 4.69) is 40.3 Å². The molecule has 1 atom stereocenters. The second-order valence-corrected chi connectivity index (χ2v) is 5.19. The first-order valence-electron chi connectivity index (χ1n) is 5.64. The van der Waals surface area contributed by atoms with E-state index in [1.807, 2.05) is 5.51 Å². The molecule has 4 heteroatoms. The summed E-state index contributed by atoms with van der Waals surface area (Å²) in [5.74, 6) is 0. The fraction of sp³-hybridized carbons (Fsp3) is 0.417. The summed E-state index contributed by atoms with van der Waals surface area (Å²) < 4.78 is 1.28. The van der Waals surface area contributed by atoms with Crippen molar-refractivity contribution in [1.29, 1.82) is 0 Å². The number of rotatable bonds is 1. The SMILES string of the molecule is CC1CN(c2ccc3ncsc3c2)CCN1. The molecule has 1 saturated heterocycles. The highest BCUT2D eigenvalue weighted by molar-refractivity contribution is 7.16. The summed E-state index contributed by atoms with van der Waals surface area (Å²) in [4.78, 5) is 6.75. The Morgan fingerprint density at radius 3 is 3.31 bits per heavy atom. The van der Waals surface area contributed by atoms with Crippen LogP contribution in [0.5, 0.6) is 0 Å². The number of thiazole rings is 1. The van der Waals surface area contributed by atoms with Crippen LogP contribution in [-0.4, -0.2) is 30.7 Å². The van der Waals surface area contributed by atoms with Gasteiger partial charge in [0, 0.05) is 31.4 Å². The molecule has 1 N–H and O–H groups in total. The van der Waals surface area contributed by atoms with E-state index in [4.69, 9.17) is 0 Å². The molecule has 1 aliphatic rings. The van der Waals surface area contributed by atoms with Crippen LogP contribution in [0.3, 0.4) is 0 Å². The Kier molecular flexibility index (Phi) is 2.53. The lowest BCUT2D eigenvalue weighted by atomic mass is 10.2. The zero-order valence-electron chi connectivity index (χ0n) is 9.31. The zero-order chi connectivity index (χ0) is 11.0. The number of hydrogen-bond donors (Lipinski definition) is 1. The van der Waals surface area contributed by atoms with Crippen molar-refractivity contribution < 1.29 is 0 Å². The molecule has 3 rings (SSSR count). The fourth-order valence-corrected chi connectivity index (χ4v) is 2.92. The summed E-state index contributed by atoms with van der Waals surface area (Å²) in [6, 6.07) is 7.13. The van der Waals surface area contributed by atoms with Gasteiger partial charge in [-0.2, -0.15) is 0 Å². The minimum absolute atomic E-state index is 0.575. The van der Waals surface area contributed by atoms with Crippen LogP contribution in [-0.2, 0) is 0 Å². The van der Waals surface area contributed by atoms with Crippen molar-refractivity contribution in [3.63, 3.8) is 0 Å². The summed E-state index contributed by atoms with van der Waals surface area (Å²) >= 11 is 1.71. The summed E-state index contributed by atoms with van der Waals surface area (Å²) in [5.41, 5.74) is 4.34. The van der Waals surface area contributed by atoms with Crippen molar-refractivity contribution in [1.82, 2.24) is 10.3 Å². The fourth-order valence-electron chi connectivity index (χ4n) is 2.21. The van der Waals surface area contributed by atoms with Crippen LogP contribution in [0.1, 0.15) is 6.92 Å². The molecule has 1 fully saturated rings. The topological polar surface area (TPSA) is 28.2 Å². The number of nitrogens with zero attached hydrogens (tertiary/aromatic N) is 2. The Bertz CT molecular complexity index is 494. The van der Waals surface area contributed by atoms with Gasteiger partial charge < -0.3 is 10.2 Å². The molecule has 0 radical (unpaired) electrons. The summed E-state index contributed by atoms with van der Waals surface area (Å²) in [7, 11) is 0. The van der Waals surface area contributed by atoms with Crippen molar-refractivity contribution in [2.45, 2.75) is 13.0 Å². The maximum Gasteiger partial charge on any atom is 0.0813 e. The van der Waals surface area contributed by atoms with Gasteiger partial charge in [-0.05, 0) is 25.1 Å². The molecule has 0 saturated carbocycles. The van der Waals surface area contributed by atoms with Crippen LogP contribution in [0, 0.1) is 0 Å². The molecule has 0 aliphatic carbocycles. The predicted octanol–water partition coefficient (Wildman–Crippen LogP) is 2.09. The summed E-state index contributed by atoms with van der Waals surface area (Å²) in [6.45, 7) is 5.48. The average molecular weight is 233 g/mol. The third-order valence-corrected chi connectivity index (χ3v) is 3.84. The largest absolute Gasteiger partial charge is 0.369 e. The first-order chi connectivity index (χ1) is 7.83. The van der Waals surface area contributed by atoms with Crippen LogP contribution >= 0.6 is 11.3 Å². The molecule has 0 amide bonds. The van der Waals surface area contributed by atoms with Crippen LogP contribution in [0.2, 0.25) is 0 Å². The molecule has 84 valence electrons. The zero-order valence-corrected chi connectivity index (χ0v) is 10.1. The average Bonchev–Trinajstić information content (AvgIpc) is 2.75. The Labute approximate surface area is 99.1 Å². The molecular weight excluding hydrogens is 218 g/mol. The number of nitrogens with one attached hydrogen (secondary N) is 1. The van der Waals surface area contributed by atoms with Crippen molar-refractivity contribution in [2.24, 2.45) is 0 Å². The van der Waals surface area contributed by atoms with E-state index < -0.39 is 0 Å². The molecule has 0 bridgehead atoms. The van der Waals surface area contributed by atoms with Crippen molar-refractivity contribution in [3.8, 4) is 0 Å². The first kappa shape index (κ1) is 10.1. The number of aromatic nitrogens is 1. The van der Waals surface area contributed by atoms with Crippen molar-refractivity contribution in [2.75, 3.05) is 24.5 Å². The van der Waals surface area contributed by atoms with Gasteiger partial charge in [0.25, 0.3) is 0 Å². The van der Waals surface area contributed by atoms with Gasteiger partial charge in [-0.3, -0.25) is 0 Å². The molecule has 2 aromatic rings. The van der Waals surface area contributed by atoms with Crippen molar-refractivity contribution >= 4 is 27.2 Å². The van der Waals surface area contributed by atoms with Gasteiger partial charge in [-0.25, -0.2) is 4.98 Å². The number of benzene rings is 1. The standard InChI is InChI=1S/C12H15N3S/c1-9-7-15(5-4-13-9)10-2-3-11-12(6-10)16-8-14-11/h2-3,6,8-9,13H,4-5,7H2,1H3. The van der Waals surface area contributed by atoms with Gasteiger partial charge in [0.05, 0.1) is 15.7 Å². The van der Waals surface area contributed by atoms with Crippen LogP contribution in [0.25, 0.3) is 10.2 Å². The highest BCUT2D eigenvalue weighted by atomic mass is 32.1. The van der Waals surface area contributed by atoms with E-state index >= 15 is 0 Å². The monoisotopic (exact) mass is 233 g/mol. The molecule has 3 nitrogen and oxygen atoms in total. The van der Waals surface area contributed by atoms with Gasteiger partial charge in [0.15, 0.2) is 0 Å². The lowest BCUT2D eigenvalue weighted by molar-refractivity contribution is 0.485. The third kappa shape index (κ3) is 1.79. The van der Waals surface area contributed by atoms with Gasteiger partial charge in [0.2, 0.25) is 0 Å². The molecule has 1 aliphatic heterocycles. The van der Waals surface area contributed by atoms with Crippen LogP contribution in [0.15, 0.2) is 23.7 Å². The highest BCUT2D eigenvalue weighted by Crippen LogP contribution is 2.24. The minimum Gasteiger partial charge on any atom is -0.369 e. The van der Waals surface area contributed by atoms with E-state index in [0.717, 1.165) is 25.2 Å². The molecular formula is C12H15N3S. The molecule has 0 spiro atoms. The normalized spacial score (nSPS) is 21.6. The quantitative estimate of drug-likeness (QED) is 0.817. The smallest absolute Gasteiger partial charge is 0.0813 e. The lowest BCUT2D eigenvalue weighted by Crippen LogP contribution is -2.49. The van der Waals surface area contributed by atoms with E-state index in [9.17, 15) is 0 Å². The number of hydrogen-bond acceptors (Lipinski definition) is 4. The van der Waals surface area contributed by atoms with Gasteiger partial charge >= 0.3 is 0 Å². The van der Waals surface area contributed by atoms with Gasteiger partial charge in [-0.15, -0.1) is 11.3 Å². The maximum absolute atomic E-state index is 4.31. The lowest BCUT2D eigenvalue weighted by Gasteiger charge is -2.33. The van der Waals surface area contributed by atoms with Crippen LogP contribution < -0.4 is 10.2 Å². The van der Waals surface area contributed by atoms with Gasteiger partial charge in [-0.1, -0.05) is 0 Å². The predicted molar refractivity (Wildman–Crippen MR) is 69.3 cm³/mol. The Morgan fingerprint density at radius 1 is 1.50 bits per heavy atom.